The van der Waals surface area contributed by atoms with Gasteiger partial charge in [-0.3, -0.25) is 19.6 Å². The fourth-order valence-electron chi connectivity index (χ4n) is 5.54. The molecule has 0 spiro atoms. The molecule has 142 valence electrons. The number of ether oxygens (including phenoxy) is 1. The van der Waals surface area contributed by atoms with Crippen LogP contribution in [0.15, 0.2) is 0 Å². The van der Waals surface area contributed by atoms with E-state index in [1.165, 1.54) is 6.54 Å². The summed E-state index contributed by atoms with van der Waals surface area (Å²) in [5.41, 5.74) is 5.34. The van der Waals surface area contributed by atoms with Gasteiger partial charge in [-0.1, -0.05) is 19.8 Å². The largest absolute Gasteiger partial charge is 0.364 e. The predicted octanol–water partition coefficient (Wildman–Crippen LogP) is 0.114. The second kappa shape index (κ2) is 8.24. The summed E-state index contributed by atoms with van der Waals surface area (Å²) in [6, 6.07) is 3.62. The van der Waals surface area contributed by atoms with Gasteiger partial charge in [-0.25, -0.2) is 0 Å². The van der Waals surface area contributed by atoms with Gasteiger partial charge in [0.2, 0.25) is 0 Å². The maximum atomic E-state index is 6.26. The third kappa shape index (κ3) is 3.81. The lowest BCUT2D eigenvalue weighted by Crippen LogP contribution is -2.71. The Balaban J connectivity index is 1.88. The molecule has 5 atom stereocenters. The Kier molecular flexibility index (Phi) is 6.24. The van der Waals surface area contributed by atoms with Crippen molar-refractivity contribution in [1.29, 1.82) is 0 Å². The van der Waals surface area contributed by atoms with Crippen LogP contribution in [0.3, 0.4) is 0 Å². The minimum Gasteiger partial charge on any atom is -0.364 e. The van der Waals surface area contributed by atoms with Crippen LogP contribution in [-0.4, -0.2) is 98.0 Å². The zero-order valence-electron chi connectivity index (χ0n) is 16.3. The van der Waals surface area contributed by atoms with Crippen LogP contribution in [-0.2, 0) is 4.74 Å². The Labute approximate surface area is 153 Å². The number of hydrogen-bond donors (Lipinski definition) is 1. The molecule has 1 saturated carbocycles. The lowest BCUT2D eigenvalue weighted by molar-refractivity contribution is -0.156. The van der Waals surface area contributed by atoms with Gasteiger partial charge in [0.05, 0.1) is 19.4 Å². The maximum Gasteiger partial charge on any atom is 0.109 e. The maximum absolute atomic E-state index is 6.26. The van der Waals surface area contributed by atoms with Crippen LogP contribution in [0, 0.1) is 23.8 Å². The minimum absolute atomic E-state index is 0.256. The Morgan fingerprint density at radius 2 is 1.64 bits per heavy atom. The average molecular weight is 350 g/mol. The van der Waals surface area contributed by atoms with E-state index in [-0.39, 0.29) is 6.10 Å². The molecule has 5 unspecified atom stereocenters. The smallest absolute Gasteiger partial charge is 0.109 e. The molecule has 0 aromatic carbocycles. The molecule has 2 N–H and O–H groups in total. The summed E-state index contributed by atoms with van der Waals surface area (Å²) < 4.78 is 6.26. The van der Waals surface area contributed by atoms with Crippen molar-refractivity contribution in [3.05, 3.63) is 0 Å². The molecule has 3 fully saturated rings. The Morgan fingerprint density at radius 1 is 1.00 bits per heavy atom. The SMILES string of the molecule is CCN1CN(C)CC2CC(OCC#CN)C3C(CN(C)CN3CC)C21. The van der Waals surface area contributed by atoms with E-state index in [1.807, 2.05) is 0 Å². The normalized spacial score (nSPS) is 37.8. The average Bonchev–Trinajstić information content (AvgIpc) is 2.59. The third-order valence-corrected chi connectivity index (χ3v) is 6.32. The molecule has 0 aromatic rings. The molecule has 0 aromatic heterocycles. The van der Waals surface area contributed by atoms with Crippen LogP contribution in [0.5, 0.6) is 0 Å². The van der Waals surface area contributed by atoms with Crippen LogP contribution >= 0.6 is 0 Å². The van der Waals surface area contributed by atoms with Crippen molar-refractivity contribution in [3.8, 4) is 12.0 Å². The van der Waals surface area contributed by atoms with Crippen molar-refractivity contribution in [2.24, 2.45) is 17.6 Å². The van der Waals surface area contributed by atoms with Gasteiger partial charge in [0.25, 0.3) is 0 Å². The summed E-state index contributed by atoms with van der Waals surface area (Å²) in [4.78, 5) is 10.2. The predicted molar refractivity (Wildman–Crippen MR) is 101 cm³/mol. The van der Waals surface area contributed by atoms with Gasteiger partial charge in [0.1, 0.15) is 6.61 Å². The van der Waals surface area contributed by atoms with E-state index >= 15 is 0 Å². The molecular formula is C19H35N5O. The highest BCUT2D eigenvalue weighted by molar-refractivity contribution is 5.06. The molecule has 0 radical (unpaired) electrons. The van der Waals surface area contributed by atoms with Crippen molar-refractivity contribution in [2.75, 3.05) is 60.2 Å². The molecule has 2 aliphatic heterocycles. The monoisotopic (exact) mass is 349 g/mol. The molecule has 25 heavy (non-hydrogen) atoms. The summed E-state index contributed by atoms with van der Waals surface area (Å²) >= 11 is 0. The van der Waals surface area contributed by atoms with Crippen LogP contribution in [0.1, 0.15) is 20.3 Å². The van der Waals surface area contributed by atoms with E-state index in [0.717, 1.165) is 39.4 Å². The van der Waals surface area contributed by atoms with Crippen LogP contribution < -0.4 is 5.73 Å². The highest BCUT2D eigenvalue weighted by Gasteiger charge is 2.52. The topological polar surface area (TPSA) is 48.2 Å². The van der Waals surface area contributed by atoms with Gasteiger partial charge in [0, 0.05) is 37.1 Å². The van der Waals surface area contributed by atoms with Crippen LogP contribution in [0.25, 0.3) is 0 Å². The number of nitrogens with two attached hydrogens (primary N) is 1. The summed E-state index contributed by atoms with van der Waals surface area (Å²) in [5, 5.41) is 0. The number of hydrogen-bond acceptors (Lipinski definition) is 6. The van der Waals surface area contributed by atoms with Gasteiger partial charge in [-0.2, -0.15) is 0 Å². The number of fused-ring (bicyclic) bond motifs is 3. The lowest BCUT2D eigenvalue weighted by atomic mass is 9.69. The van der Waals surface area contributed by atoms with Crippen LogP contribution in [0.4, 0.5) is 0 Å². The van der Waals surface area contributed by atoms with E-state index in [1.54, 1.807) is 0 Å². The zero-order valence-corrected chi connectivity index (χ0v) is 16.3. The van der Waals surface area contributed by atoms with Crippen molar-refractivity contribution in [3.63, 3.8) is 0 Å². The Morgan fingerprint density at radius 3 is 2.28 bits per heavy atom. The molecule has 0 bridgehead atoms. The van der Waals surface area contributed by atoms with E-state index in [9.17, 15) is 0 Å². The van der Waals surface area contributed by atoms with E-state index in [0.29, 0.717) is 30.5 Å². The lowest BCUT2D eigenvalue weighted by Gasteiger charge is -2.60. The van der Waals surface area contributed by atoms with Crippen molar-refractivity contribution < 1.29 is 4.74 Å². The first-order valence-electron chi connectivity index (χ1n) is 9.74. The fourth-order valence-corrected chi connectivity index (χ4v) is 5.54. The highest BCUT2D eigenvalue weighted by Crippen LogP contribution is 2.41. The Hall–Kier alpha value is -0.840. The number of likely N-dealkylation sites (N-methyl/N-ethyl adjacent to an activating group) is 1. The summed E-state index contributed by atoms with van der Waals surface area (Å²) in [7, 11) is 4.50. The molecule has 2 saturated heterocycles. The van der Waals surface area contributed by atoms with Gasteiger partial charge < -0.3 is 10.5 Å². The molecule has 6 nitrogen and oxygen atoms in total. The molecular weight excluding hydrogens is 314 g/mol. The van der Waals surface area contributed by atoms with Crippen molar-refractivity contribution >= 4 is 0 Å². The first kappa shape index (κ1) is 18.9. The van der Waals surface area contributed by atoms with Gasteiger partial charge >= 0.3 is 0 Å². The third-order valence-electron chi connectivity index (χ3n) is 6.32. The molecule has 6 heteroatoms. The van der Waals surface area contributed by atoms with Crippen molar-refractivity contribution in [1.82, 2.24) is 19.6 Å². The first-order valence-corrected chi connectivity index (χ1v) is 9.74. The number of rotatable bonds is 4. The van der Waals surface area contributed by atoms with Gasteiger partial charge in [0.15, 0.2) is 0 Å². The molecule has 1 aliphatic carbocycles. The fraction of sp³-hybridized carbons (Fsp3) is 0.895. The molecule has 2 heterocycles. The van der Waals surface area contributed by atoms with Gasteiger partial charge in [-0.15, -0.1) is 0 Å². The molecule has 3 aliphatic rings. The summed E-state index contributed by atoms with van der Waals surface area (Å²) in [6.45, 7) is 11.6. The van der Waals surface area contributed by atoms with E-state index in [4.69, 9.17) is 10.5 Å². The second-order valence-corrected chi connectivity index (χ2v) is 7.98. The minimum atomic E-state index is 0.256. The molecule has 3 rings (SSSR count). The first-order chi connectivity index (χ1) is 12.1. The zero-order chi connectivity index (χ0) is 18.0. The summed E-state index contributed by atoms with van der Waals surface area (Å²) in [6.07, 6.45) is 1.38. The van der Waals surface area contributed by atoms with Crippen molar-refractivity contribution in [2.45, 2.75) is 38.5 Å². The standard InChI is InChI=1S/C19H35N5O/c1-5-23-13-21(3)11-15-10-17(25-9-7-8-20)19-16(18(15)23)12-22(4)14-24(19)6-2/h15-19H,5-6,9-14,20H2,1-4H3. The van der Waals surface area contributed by atoms with E-state index < -0.39 is 0 Å². The van der Waals surface area contributed by atoms with Gasteiger partial charge in [-0.05, 0) is 39.5 Å². The summed E-state index contributed by atoms with van der Waals surface area (Å²) in [5.74, 6) is 4.18. The van der Waals surface area contributed by atoms with E-state index in [2.05, 4.69) is 59.5 Å². The highest BCUT2D eigenvalue weighted by atomic mass is 16.5. The quantitative estimate of drug-likeness (QED) is 0.574. The van der Waals surface area contributed by atoms with Crippen LogP contribution in [0.2, 0.25) is 0 Å². The molecule has 0 amide bonds. The second-order valence-electron chi connectivity index (χ2n) is 7.98. The number of nitrogens with zero attached hydrogens (tertiary/aromatic N) is 4. The Bertz CT molecular complexity index is 504.